The third-order valence-electron chi connectivity index (χ3n) is 4.69. The predicted molar refractivity (Wildman–Crippen MR) is 91.4 cm³/mol. The standard InChI is InChI=1S/C19H22N2O3/c1-20-11-3-4-17(20)19(23)21-12-9-15(10-13-21)18(22)14-5-7-16(24-2)8-6-14/h3-8,11,15H,9-10,12-13H2,1-2H3. The van der Waals surface area contributed by atoms with Crippen LogP contribution in [0, 0.1) is 5.92 Å². The van der Waals surface area contributed by atoms with Gasteiger partial charge in [0.1, 0.15) is 11.4 Å². The second kappa shape index (κ2) is 6.91. The summed E-state index contributed by atoms with van der Waals surface area (Å²) in [6.07, 6.45) is 3.29. The molecule has 1 aliphatic rings. The number of hydrogen-bond acceptors (Lipinski definition) is 3. The molecule has 0 atom stereocenters. The van der Waals surface area contributed by atoms with E-state index in [4.69, 9.17) is 4.74 Å². The van der Waals surface area contributed by atoms with Crippen molar-refractivity contribution in [3.05, 3.63) is 53.9 Å². The Labute approximate surface area is 141 Å². The minimum absolute atomic E-state index is 0.0177. The Balaban J connectivity index is 1.61. The van der Waals surface area contributed by atoms with Gasteiger partial charge in [0.25, 0.3) is 5.91 Å². The highest BCUT2D eigenvalue weighted by Crippen LogP contribution is 2.24. The lowest BCUT2D eigenvalue weighted by Crippen LogP contribution is -2.40. The molecule has 0 aliphatic carbocycles. The number of piperidine rings is 1. The van der Waals surface area contributed by atoms with Crippen molar-refractivity contribution < 1.29 is 14.3 Å². The summed E-state index contributed by atoms with van der Waals surface area (Å²) in [5.41, 5.74) is 1.40. The Bertz CT molecular complexity index is 725. The number of ketones is 1. The second-order valence-electron chi connectivity index (χ2n) is 6.16. The number of hydrogen-bond donors (Lipinski definition) is 0. The Morgan fingerprint density at radius 1 is 1.08 bits per heavy atom. The van der Waals surface area contributed by atoms with Crippen LogP contribution >= 0.6 is 0 Å². The van der Waals surface area contributed by atoms with Gasteiger partial charge in [-0.1, -0.05) is 0 Å². The first-order chi connectivity index (χ1) is 11.6. The van der Waals surface area contributed by atoms with Crippen LogP contribution < -0.4 is 4.74 Å². The van der Waals surface area contributed by atoms with E-state index in [2.05, 4.69) is 0 Å². The van der Waals surface area contributed by atoms with E-state index in [9.17, 15) is 9.59 Å². The van der Waals surface area contributed by atoms with Crippen LogP contribution in [0.15, 0.2) is 42.6 Å². The number of amides is 1. The van der Waals surface area contributed by atoms with E-state index in [0.717, 1.165) is 5.75 Å². The van der Waals surface area contributed by atoms with Crippen LogP contribution in [0.4, 0.5) is 0 Å². The minimum atomic E-state index is -0.0177. The number of rotatable bonds is 4. The first kappa shape index (κ1) is 16.3. The molecule has 1 amide bonds. The summed E-state index contributed by atoms with van der Waals surface area (Å²) in [6.45, 7) is 1.24. The van der Waals surface area contributed by atoms with Gasteiger partial charge in [-0.15, -0.1) is 0 Å². The molecule has 2 aromatic rings. The lowest BCUT2D eigenvalue weighted by Gasteiger charge is -2.31. The predicted octanol–water partition coefficient (Wildman–Crippen LogP) is 2.77. The molecule has 24 heavy (non-hydrogen) atoms. The average molecular weight is 326 g/mol. The number of carbonyl (C=O) groups excluding carboxylic acids is 2. The lowest BCUT2D eigenvalue weighted by molar-refractivity contribution is 0.0642. The van der Waals surface area contributed by atoms with Crippen LogP contribution in [-0.4, -0.2) is 41.4 Å². The molecule has 5 heteroatoms. The third-order valence-corrected chi connectivity index (χ3v) is 4.69. The van der Waals surface area contributed by atoms with Gasteiger partial charge in [0, 0.05) is 37.8 Å². The monoisotopic (exact) mass is 326 g/mol. The number of Topliss-reactive ketones (excluding diaryl/α,β-unsaturated/α-hetero) is 1. The fourth-order valence-electron chi connectivity index (χ4n) is 3.18. The van der Waals surface area contributed by atoms with Gasteiger partial charge in [-0.05, 0) is 49.2 Å². The van der Waals surface area contributed by atoms with Gasteiger partial charge in [0.15, 0.2) is 5.78 Å². The zero-order valence-corrected chi connectivity index (χ0v) is 14.1. The van der Waals surface area contributed by atoms with Crippen molar-refractivity contribution in [3.8, 4) is 5.75 Å². The fraction of sp³-hybridized carbons (Fsp3) is 0.368. The summed E-state index contributed by atoms with van der Waals surface area (Å²) in [5, 5.41) is 0. The molecule has 0 N–H and O–H groups in total. The van der Waals surface area contributed by atoms with E-state index in [-0.39, 0.29) is 17.6 Å². The minimum Gasteiger partial charge on any atom is -0.497 e. The molecule has 3 rings (SSSR count). The van der Waals surface area contributed by atoms with Crippen molar-refractivity contribution in [2.24, 2.45) is 13.0 Å². The summed E-state index contributed by atoms with van der Waals surface area (Å²) in [4.78, 5) is 27.0. The molecular formula is C19H22N2O3. The summed E-state index contributed by atoms with van der Waals surface area (Å²) in [7, 11) is 3.48. The first-order valence-electron chi connectivity index (χ1n) is 8.19. The summed E-state index contributed by atoms with van der Waals surface area (Å²) < 4.78 is 6.95. The summed E-state index contributed by atoms with van der Waals surface area (Å²) in [6, 6.07) is 10.9. The molecule has 5 nitrogen and oxygen atoms in total. The highest BCUT2D eigenvalue weighted by atomic mass is 16.5. The number of nitrogens with zero attached hydrogens (tertiary/aromatic N) is 2. The van der Waals surface area contributed by atoms with Gasteiger partial charge in [0.05, 0.1) is 7.11 Å². The van der Waals surface area contributed by atoms with E-state index in [1.165, 1.54) is 0 Å². The molecule has 0 saturated carbocycles. The maximum atomic E-state index is 12.6. The number of methoxy groups -OCH3 is 1. The number of benzene rings is 1. The molecule has 1 aromatic heterocycles. The van der Waals surface area contributed by atoms with E-state index in [0.29, 0.717) is 37.2 Å². The van der Waals surface area contributed by atoms with Gasteiger partial charge >= 0.3 is 0 Å². The van der Waals surface area contributed by atoms with Crippen molar-refractivity contribution in [3.63, 3.8) is 0 Å². The van der Waals surface area contributed by atoms with Crippen molar-refractivity contribution in [1.29, 1.82) is 0 Å². The summed E-state index contributed by atoms with van der Waals surface area (Å²) >= 11 is 0. The molecule has 1 aliphatic heterocycles. The molecule has 0 spiro atoms. The SMILES string of the molecule is COc1ccc(C(=O)C2CCN(C(=O)c3cccn3C)CC2)cc1. The summed E-state index contributed by atoms with van der Waals surface area (Å²) in [5.74, 6) is 0.923. The van der Waals surface area contributed by atoms with Gasteiger partial charge in [-0.3, -0.25) is 9.59 Å². The van der Waals surface area contributed by atoms with Crippen molar-refractivity contribution in [2.45, 2.75) is 12.8 Å². The Morgan fingerprint density at radius 2 is 1.75 bits per heavy atom. The molecule has 0 unspecified atom stereocenters. The Hall–Kier alpha value is -2.56. The molecule has 2 heterocycles. The first-order valence-corrected chi connectivity index (χ1v) is 8.19. The van der Waals surface area contributed by atoms with Crippen LogP contribution in [0.25, 0.3) is 0 Å². The highest BCUT2D eigenvalue weighted by Gasteiger charge is 2.29. The molecule has 0 bridgehead atoms. The molecule has 1 aromatic carbocycles. The van der Waals surface area contributed by atoms with E-state index < -0.39 is 0 Å². The van der Waals surface area contributed by atoms with Crippen LogP contribution in [0.3, 0.4) is 0 Å². The number of aromatic nitrogens is 1. The Kier molecular flexibility index (Phi) is 4.69. The molecule has 1 saturated heterocycles. The second-order valence-corrected chi connectivity index (χ2v) is 6.16. The van der Waals surface area contributed by atoms with Gasteiger partial charge in [0.2, 0.25) is 0 Å². The van der Waals surface area contributed by atoms with Crippen molar-refractivity contribution >= 4 is 11.7 Å². The van der Waals surface area contributed by atoms with Crippen molar-refractivity contribution in [1.82, 2.24) is 9.47 Å². The van der Waals surface area contributed by atoms with E-state index >= 15 is 0 Å². The van der Waals surface area contributed by atoms with E-state index in [1.807, 2.05) is 47.0 Å². The highest BCUT2D eigenvalue weighted by molar-refractivity contribution is 5.98. The quantitative estimate of drug-likeness (QED) is 0.812. The number of carbonyl (C=O) groups is 2. The average Bonchev–Trinajstić information content (AvgIpc) is 3.06. The van der Waals surface area contributed by atoms with Gasteiger partial charge < -0.3 is 14.2 Å². The van der Waals surface area contributed by atoms with Crippen LogP contribution in [0.1, 0.15) is 33.7 Å². The van der Waals surface area contributed by atoms with Crippen LogP contribution in [-0.2, 0) is 7.05 Å². The number of aryl methyl sites for hydroxylation is 1. The lowest BCUT2D eigenvalue weighted by atomic mass is 9.89. The van der Waals surface area contributed by atoms with E-state index in [1.54, 1.807) is 19.2 Å². The molecular weight excluding hydrogens is 304 g/mol. The van der Waals surface area contributed by atoms with Crippen LogP contribution in [0.2, 0.25) is 0 Å². The maximum Gasteiger partial charge on any atom is 0.270 e. The van der Waals surface area contributed by atoms with Gasteiger partial charge in [-0.2, -0.15) is 0 Å². The Morgan fingerprint density at radius 3 is 2.29 bits per heavy atom. The number of likely N-dealkylation sites (tertiary alicyclic amines) is 1. The zero-order chi connectivity index (χ0) is 17.1. The smallest absolute Gasteiger partial charge is 0.270 e. The molecule has 1 fully saturated rings. The van der Waals surface area contributed by atoms with Crippen LogP contribution in [0.5, 0.6) is 5.75 Å². The van der Waals surface area contributed by atoms with Crippen molar-refractivity contribution in [2.75, 3.05) is 20.2 Å². The topological polar surface area (TPSA) is 51.5 Å². The fourth-order valence-corrected chi connectivity index (χ4v) is 3.18. The largest absolute Gasteiger partial charge is 0.497 e. The molecule has 126 valence electrons. The number of ether oxygens (including phenoxy) is 1. The maximum absolute atomic E-state index is 12.6. The molecule has 0 radical (unpaired) electrons. The van der Waals surface area contributed by atoms with Gasteiger partial charge in [-0.25, -0.2) is 0 Å². The third kappa shape index (κ3) is 3.20. The normalized spacial score (nSPS) is 15.3. The zero-order valence-electron chi connectivity index (χ0n) is 14.1.